The van der Waals surface area contributed by atoms with Crippen LogP contribution < -0.4 is 0 Å². The standard InChI is InChI=1S/C13H23N5O2/c1-20-13-4-3-11(19)9-12(13)17(8-5-13)6-2-7-18-10-14-15-16-18/h10-12,19H,2-9H2,1H3/t11-,12-,13+/m1/s1. The number of tetrazole rings is 1. The van der Waals surface area contributed by atoms with Gasteiger partial charge in [-0.1, -0.05) is 0 Å². The summed E-state index contributed by atoms with van der Waals surface area (Å²) in [6.45, 7) is 2.89. The van der Waals surface area contributed by atoms with Gasteiger partial charge in [-0.15, -0.1) is 5.10 Å². The number of fused-ring (bicyclic) bond motifs is 1. The van der Waals surface area contributed by atoms with E-state index in [-0.39, 0.29) is 11.7 Å². The molecule has 0 amide bonds. The third kappa shape index (κ3) is 2.57. The average Bonchev–Trinajstić information content (AvgIpc) is 3.08. The number of ether oxygens (including phenoxy) is 1. The van der Waals surface area contributed by atoms with Crippen molar-refractivity contribution >= 4 is 0 Å². The van der Waals surface area contributed by atoms with Crippen molar-refractivity contribution < 1.29 is 9.84 Å². The molecule has 1 saturated carbocycles. The van der Waals surface area contributed by atoms with Gasteiger partial charge in [0, 0.05) is 32.8 Å². The number of aryl methyl sites for hydroxylation is 1. The van der Waals surface area contributed by atoms with Crippen LogP contribution in [0.25, 0.3) is 0 Å². The van der Waals surface area contributed by atoms with E-state index >= 15 is 0 Å². The molecule has 3 rings (SSSR count). The summed E-state index contributed by atoms with van der Waals surface area (Å²) in [5, 5.41) is 21.1. The molecule has 7 heteroatoms. The minimum absolute atomic E-state index is 0.0337. The molecule has 0 aromatic carbocycles. The first kappa shape index (κ1) is 13.9. The fourth-order valence-electron chi connectivity index (χ4n) is 3.76. The van der Waals surface area contributed by atoms with Crippen LogP contribution in [0.5, 0.6) is 0 Å². The molecule has 3 atom stereocenters. The molecular weight excluding hydrogens is 258 g/mol. The average molecular weight is 281 g/mol. The molecule has 1 aliphatic carbocycles. The number of hydrogen-bond donors (Lipinski definition) is 1. The number of aliphatic hydroxyl groups excluding tert-OH is 1. The second kappa shape index (κ2) is 5.75. The number of methoxy groups -OCH3 is 1. The van der Waals surface area contributed by atoms with Crippen LogP contribution in [0.4, 0.5) is 0 Å². The van der Waals surface area contributed by atoms with Gasteiger partial charge in [0.2, 0.25) is 0 Å². The zero-order valence-corrected chi connectivity index (χ0v) is 12.0. The molecule has 0 spiro atoms. The molecule has 0 unspecified atom stereocenters. The lowest BCUT2D eigenvalue weighted by atomic mass is 9.79. The van der Waals surface area contributed by atoms with Crippen LogP contribution in [-0.2, 0) is 11.3 Å². The summed E-state index contributed by atoms with van der Waals surface area (Å²) in [6.07, 6.45) is 6.22. The molecule has 7 nitrogen and oxygen atoms in total. The Morgan fingerprint density at radius 1 is 1.40 bits per heavy atom. The molecule has 1 aliphatic heterocycles. The van der Waals surface area contributed by atoms with E-state index in [2.05, 4.69) is 20.4 Å². The summed E-state index contributed by atoms with van der Waals surface area (Å²) in [4.78, 5) is 2.47. The summed E-state index contributed by atoms with van der Waals surface area (Å²) < 4.78 is 7.60. The number of hydrogen-bond acceptors (Lipinski definition) is 6. The van der Waals surface area contributed by atoms with Crippen LogP contribution >= 0.6 is 0 Å². The van der Waals surface area contributed by atoms with Crippen molar-refractivity contribution in [1.82, 2.24) is 25.1 Å². The Hall–Kier alpha value is -1.05. The molecule has 0 radical (unpaired) electrons. The second-order valence-corrected chi connectivity index (χ2v) is 5.93. The first-order valence-corrected chi connectivity index (χ1v) is 7.41. The predicted octanol–water partition coefficient (Wildman–Crippen LogP) is 0.0675. The third-order valence-electron chi connectivity index (χ3n) is 4.90. The number of aromatic nitrogens is 4. The maximum absolute atomic E-state index is 9.95. The van der Waals surface area contributed by atoms with Crippen molar-refractivity contribution in [2.75, 3.05) is 20.2 Å². The highest BCUT2D eigenvalue weighted by Crippen LogP contribution is 2.42. The van der Waals surface area contributed by atoms with E-state index in [1.165, 1.54) is 0 Å². The van der Waals surface area contributed by atoms with Crippen molar-refractivity contribution in [2.45, 2.75) is 56.4 Å². The summed E-state index contributed by atoms with van der Waals surface area (Å²) in [7, 11) is 1.81. The van der Waals surface area contributed by atoms with Crippen molar-refractivity contribution in [3.05, 3.63) is 6.33 Å². The van der Waals surface area contributed by atoms with E-state index in [0.717, 1.165) is 51.7 Å². The maximum Gasteiger partial charge on any atom is 0.138 e. The number of nitrogens with zero attached hydrogens (tertiary/aromatic N) is 5. The van der Waals surface area contributed by atoms with Crippen LogP contribution in [0.1, 0.15) is 32.1 Å². The summed E-state index contributed by atoms with van der Waals surface area (Å²) in [6, 6.07) is 0.352. The highest BCUT2D eigenvalue weighted by atomic mass is 16.5. The van der Waals surface area contributed by atoms with Crippen molar-refractivity contribution in [1.29, 1.82) is 0 Å². The fraction of sp³-hybridized carbons (Fsp3) is 0.923. The largest absolute Gasteiger partial charge is 0.393 e. The Balaban J connectivity index is 1.57. The van der Waals surface area contributed by atoms with E-state index in [1.54, 1.807) is 11.0 Å². The topological polar surface area (TPSA) is 76.3 Å². The van der Waals surface area contributed by atoms with E-state index in [0.29, 0.717) is 6.04 Å². The van der Waals surface area contributed by atoms with Crippen LogP contribution in [0.15, 0.2) is 6.33 Å². The molecule has 1 saturated heterocycles. The Kier molecular flexibility index (Phi) is 4.00. The zero-order chi connectivity index (χ0) is 14.0. The first-order valence-electron chi connectivity index (χ1n) is 7.41. The molecule has 2 fully saturated rings. The van der Waals surface area contributed by atoms with Crippen molar-refractivity contribution in [2.24, 2.45) is 0 Å². The quantitative estimate of drug-likeness (QED) is 0.823. The second-order valence-electron chi connectivity index (χ2n) is 5.93. The van der Waals surface area contributed by atoms with E-state index in [1.807, 2.05) is 7.11 Å². The number of rotatable bonds is 5. The Morgan fingerprint density at radius 3 is 3.05 bits per heavy atom. The van der Waals surface area contributed by atoms with Crippen LogP contribution in [0.3, 0.4) is 0 Å². The number of likely N-dealkylation sites (tertiary alicyclic amines) is 1. The van der Waals surface area contributed by atoms with E-state index in [4.69, 9.17) is 4.74 Å². The van der Waals surface area contributed by atoms with Crippen LogP contribution in [0, 0.1) is 0 Å². The fourth-order valence-corrected chi connectivity index (χ4v) is 3.76. The minimum atomic E-state index is -0.177. The SMILES string of the molecule is CO[C@]12CC[C@@H](O)C[C@H]1N(CCCn1cnnn1)CC2. The molecule has 1 aromatic heterocycles. The minimum Gasteiger partial charge on any atom is -0.393 e. The van der Waals surface area contributed by atoms with Gasteiger partial charge in [-0.2, -0.15) is 0 Å². The molecule has 2 heterocycles. The van der Waals surface area contributed by atoms with Gasteiger partial charge in [0.15, 0.2) is 0 Å². The lowest BCUT2D eigenvalue weighted by Gasteiger charge is -2.42. The molecule has 1 aromatic rings. The van der Waals surface area contributed by atoms with E-state index in [9.17, 15) is 5.11 Å². The first-order chi connectivity index (χ1) is 9.73. The Bertz CT molecular complexity index is 426. The predicted molar refractivity (Wildman–Crippen MR) is 72.0 cm³/mol. The number of aliphatic hydroxyl groups is 1. The van der Waals surface area contributed by atoms with Gasteiger partial charge in [0.05, 0.1) is 11.7 Å². The molecule has 20 heavy (non-hydrogen) atoms. The van der Waals surface area contributed by atoms with Crippen molar-refractivity contribution in [3.8, 4) is 0 Å². The Morgan fingerprint density at radius 2 is 2.30 bits per heavy atom. The van der Waals surface area contributed by atoms with Crippen molar-refractivity contribution in [3.63, 3.8) is 0 Å². The van der Waals surface area contributed by atoms with E-state index < -0.39 is 0 Å². The lowest BCUT2D eigenvalue weighted by Crippen LogP contribution is -2.51. The van der Waals surface area contributed by atoms with Gasteiger partial charge >= 0.3 is 0 Å². The Labute approximate surface area is 118 Å². The molecule has 1 N–H and O–H groups in total. The van der Waals surface area contributed by atoms with Gasteiger partial charge in [-0.3, -0.25) is 4.90 Å². The highest BCUT2D eigenvalue weighted by molar-refractivity contribution is 5.04. The molecule has 0 bridgehead atoms. The molecule has 2 aliphatic rings. The van der Waals surface area contributed by atoms with Gasteiger partial charge in [-0.05, 0) is 42.5 Å². The highest BCUT2D eigenvalue weighted by Gasteiger charge is 2.50. The monoisotopic (exact) mass is 281 g/mol. The van der Waals surface area contributed by atoms with Gasteiger partial charge in [0.1, 0.15) is 6.33 Å². The van der Waals surface area contributed by atoms with Gasteiger partial charge < -0.3 is 9.84 Å². The summed E-state index contributed by atoms with van der Waals surface area (Å²) in [5.74, 6) is 0. The van der Waals surface area contributed by atoms with Crippen LogP contribution in [-0.4, -0.2) is 68.2 Å². The lowest BCUT2D eigenvalue weighted by molar-refractivity contribution is -0.0869. The van der Waals surface area contributed by atoms with Gasteiger partial charge in [0.25, 0.3) is 0 Å². The smallest absolute Gasteiger partial charge is 0.138 e. The molecule has 112 valence electrons. The maximum atomic E-state index is 9.95. The van der Waals surface area contributed by atoms with Gasteiger partial charge in [-0.25, -0.2) is 4.68 Å². The third-order valence-corrected chi connectivity index (χ3v) is 4.90. The summed E-state index contributed by atoms with van der Waals surface area (Å²) in [5.41, 5.74) is -0.0337. The normalized spacial score (nSPS) is 34.3. The summed E-state index contributed by atoms with van der Waals surface area (Å²) >= 11 is 0. The zero-order valence-electron chi connectivity index (χ0n) is 12.0. The molecular formula is C13H23N5O2. The van der Waals surface area contributed by atoms with Crippen LogP contribution in [0.2, 0.25) is 0 Å².